The number of hydrogen-bond acceptors (Lipinski definition) is 4. The van der Waals surface area contributed by atoms with Crippen LogP contribution in [0.4, 0.5) is 18.9 Å². The Morgan fingerprint density at radius 3 is 2.36 bits per heavy atom. The molecule has 0 aliphatic rings. The first kappa shape index (κ1) is 22.0. The SMILES string of the molecule is Cc1nn(Cc2ccc(F)cc2)c(C)c1NC(=O)c1cc(C(N)=O)nc2cc(F)c(F)cc12. The van der Waals surface area contributed by atoms with Gasteiger partial charge in [-0.3, -0.25) is 14.3 Å². The molecule has 0 saturated carbocycles. The molecule has 0 aliphatic carbocycles. The van der Waals surface area contributed by atoms with Crippen molar-refractivity contribution < 1.29 is 22.8 Å². The van der Waals surface area contributed by atoms with Crippen LogP contribution in [0.3, 0.4) is 0 Å². The molecular formula is C23H18F3N5O2. The van der Waals surface area contributed by atoms with Gasteiger partial charge in [-0.25, -0.2) is 18.2 Å². The molecular weight excluding hydrogens is 435 g/mol. The predicted octanol–water partition coefficient (Wildman–Crippen LogP) is 3.86. The van der Waals surface area contributed by atoms with Crippen LogP contribution in [0.5, 0.6) is 0 Å². The Kier molecular flexibility index (Phi) is 5.59. The lowest BCUT2D eigenvalue weighted by molar-refractivity contribution is 0.0996. The second kappa shape index (κ2) is 8.38. The fourth-order valence-corrected chi connectivity index (χ4v) is 3.51. The summed E-state index contributed by atoms with van der Waals surface area (Å²) in [6.07, 6.45) is 0. The van der Waals surface area contributed by atoms with Crippen LogP contribution < -0.4 is 11.1 Å². The lowest BCUT2D eigenvalue weighted by atomic mass is 10.1. The van der Waals surface area contributed by atoms with Gasteiger partial charge in [-0.05, 0) is 43.7 Å². The number of carbonyl (C=O) groups excluding carboxylic acids is 2. The number of pyridine rings is 1. The number of aryl methyl sites for hydroxylation is 1. The molecule has 2 amide bonds. The average Bonchev–Trinajstić information content (AvgIpc) is 3.02. The molecule has 2 aromatic carbocycles. The number of halogens is 3. The van der Waals surface area contributed by atoms with E-state index in [9.17, 15) is 22.8 Å². The van der Waals surface area contributed by atoms with Crippen molar-refractivity contribution in [3.05, 3.63) is 88.1 Å². The normalized spacial score (nSPS) is 11.1. The Bertz CT molecular complexity index is 1410. The van der Waals surface area contributed by atoms with Crippen molar-refractivity contribution in [3.8, 4) is 0 Å². The van der Waals surface area contributed by atoms with Crippen LogP contribution in [-0.2, 0) is 6.54 Å². The van der Waals surface area contributed by atoms with Crippen LogP contribution in [0.25, 0.3) is 10.9 Å². The van der Waals surface area contributed by atoms with E-state index in [1.165, 1.54) is 12.1 Å². The molecule has 7 nitrogen and oxygen atoms in total. The van der Waals surface area contributed by atoms with Gasteiger partial charge in [-0.1, -0.05) is 12.1 Å². The Hall–Kier alpha value is -4.21. The standard InChI is InChI=1S/C23H18F3N5O2/c1-11-21(12(2)31(30-11)10-13-3-5-14(24)6-4-13)29-23(33)16-8-20(22(27)32)28-19-9-18(26)17(25)7-15(16)19/h3-9H,10H2,1-2H3,(H2,27,32)(H,29,33). The summed E-state index contributed by atoms with van der Waals surface area (Å²) in [5, 5.41) is 7.16. The molecule has 0 atom stereocenters. The number of hydrogen-bond donors (Lipinski definition) is 2. The third kappa shape index (κ3) is 4.27. The molecule has 0 spiro atoms. The summed E-state index contributed by atoms with van der Waals surface area (Å²) in [7, 11) is 0. The van der Waals surface area contributed by atoms with E-state index in [0.717, 1.165) is 23.8 Å². The largest absolute Gasteiger partial charge is 0.364 e. The lowest BCUT2D eigenvalue weighted by Crippen LogP contribution is -2.18. The maximum Gasteiger partial charge on any atom is 0.267 e. The summed E-state index contributed by atoms with van der Waals surface area (Å²) in [4.78, 5) is 28.7. The van der Waals surface area contributed by atoms with Gasteiger partial charge >= 0.3 is 0 Å². The molecule has 0 bridgehead atoms. The van der Waals surface area contributed by atoms with E-state index >= 15 is 0 Å². The third-order valence-corrected chi connectivity index (χ3v) is 5.21. The van der Waals surface area contributed by atoms with Gasteiger partial charge in [0.25, 0.3) is 11.8 Å². The second-order valence-electron chi connectivity index (χ2n) is 7.49. The predicted molar refractivity (Wildman–Crippen MR) is 115 cm³/mol. The first-order chi connectivity index (χ1) is 15.6. The van der Waals surface area contributed by atoms with Crippen molar-refractivity contribution in [1.82, 2.24) is 14.8 Å². The molecule has 2 heterocycles. The minimum absolute atomic E-state index is 0.0189. The summed E-state index contributed by atoms with van der Waals surface area (Å²) in [5.74, 6) is -4.28. The van der Waals surface area contributed by atoms with Crippen LogP contribution in [0, 0.1) is 31.3 Å². The fraction of sp³-hybridized carbons (Fsp3) is 0.130. The van der Waals surface area contributed by atoms with Crippen LogP contribution in [-0.4, -0.2) is 26.6 Å². The molecule has 0 radical (unpaired) electrons. The van der Waals surface area contributed by atoms with Gasteiger partial charge in [0.05, 0.1) is 34.7 Å². The summed E-state index contributed by atoms with van der Waals surface area (Å²) < 4.78 is 42.4. The number of fused-ring (bicyclic) bond motifs is 1. The molecule has 4 aromatic rings. The van der Waals surface area contributed by atoms with E-state index < -0.39 is 23.4 Å². The zero-order chi connectivity index (χ0) is 23.9. The maximum absolute atomic E-state index is 13.9. The van der Waals surface area contributed by atoms with Crippen molar-refractivity contribution in [2.75, 3.05) is 5.32 Å². The molecule has 0 fully saturated rings. The number of aromatic nitrogens is 3. The molecule has 0 unspecified atom stereocenters. The van der Waals surface area contributed by atoms with Gasteiger partial charge < -0.3 is 11.1 Å². The molecule has 0 saturated heterocycles. The average molecular weight is 453 g/mol. The van der Waals surface area contributed by atoms with Gasteiger partial charge in [0, 0.05) is 11.5 Å². The van der Waals surface area contributed by atoms with Crippen molar-refractivity contribution in [2.45, 2.75) is 20.4 Å². The van der Waals surface area contributed by atoms with Gasteiger partial charge in [-0.2, -0.15) is 5.10 Å². The van der Waals surface area contributed by atoms with Crippen LogP contribution in [0.2, 0.25) is 0 Å². The topological polar surface area (TPSA) is 103 Å². The highest BCUT2D eigenvalue weighted by atomic mass is 19.2. The number of primary amides is 1. The second-order valence-corrected chi connectivity index (χ2v) is 7.49. The fourth-order valence-electron chi connectivity index (χ4n) is 3.51. The molecule has 2 aromatic heterocycles. The number of amides is 2. The van der Waals surface area contributed by atoms with E-state index in [2.05, 4.69) is 15.4 Å². The summed E-state index contributed by atoms with van der Waals surface area (Å²) in [6, 6.07) is 8.72. The summed E-state index contributed by atoms with van der Waals surface area (Å²) in [5.41, 5.74) is 7.19. The van der Waals surface area contributed by atoms with Crippen molar-refractivity contribution in [1.29, 1.82) is 0 Å². The van der Waals surface area contributed by atoms with Crippen molar-refractivity contribution in [2.24, 2.45) is 5.73 Å². The maximum atomic E-state index is 13.9. The first-order valence-electron chi connectivity index (χ1n) is 9.83. The van der Waals surface area contributed by atoms with Gasteiger partial charge in [0.15, 0.2) is 11.6 Å². The number of anilines is 1. The Labute approximate surface area is 186 Å². The van der Waals surface area contributed by atoms with Crippen LogP contribution >= 0.6 is 0 Å². The van der Waals surface area contributed by atoms with E-state index in [1.54, 1.807) is 30.7 Å². The quantitative estimate of drug-likeness (QED) is 0.479. The van der Waals surface area contributed by atoms with E-state index in [1.807, 2.05) is 0 Å². The molecule has 33 heavy (non-hydrogen) atoms. The minimum atomic E-state index is -1.17. The molecule has 3 N–H and O–H groups in total. The number of nitrogens with one attached hydrogen (secondary N) is 1. The highest BCUT2D eigenvalue weighted by Crippen LogP contribution is 2.25. The highest BCUT2D eigenvalue weighted by Gasteiger charge is 2.21. The Morgan fingerprint density at radius 2 is 1.70 bits per heavy atom. The van der Waals surface area contributed by atoms with Gasteiger partial charge in [-0.15, -0.1) is 0 Å². The molecule has 168 valence electrons. The number of benzene rings is 2. The van der Waals surface area contributed by atoms with E-state index in [-0.39, 0.29) is 28.0 Å². The van der Waals surface area contributed by atoms with Crippen molar-refractivity contribution >= 4 is 28.4 Å². The zero-order valence-corrected chi connectivity index (χ0v) is 17.6. The number of rotatable bonds is 5. The van der Waals surface area contributed by atoms with Crippen LogP contribution in [0.1, 0.15) is 37.8 Å². The molecule has 10 heteroatoms. The van der Waals surface area contributed by atoms with Gasteiger partial charge in [0.1, 0.15) is 11.5 Å². The van der Waals surface area contributed by atoms with Gasteiger partial charge in [0.2, 0.25) is 0 Å². The monoisotopic (exact) mass is 453 g/mol. The first-order valence-corrected chi connectivity index (χ1v) is 9.83. The molecule has 4 rings (SSSR count). The van der Waals surface area contributed by atoms with Crippen molar-refractivity contribution in [3.63, 3.8) is 0 Å². The summed E-state index contributed by atoms with van der Waals surface area (Å²) in [6.45, 7) is 3.78. The Morgan fingerprint density at radius 1 is 1.03 bits per heavy atom. The summed E-state index contributed by atoms with van der Waals surface area (Å²) >= 11 is 0. The Balaban J connectivity index is 1.71. The zero-order valence-electron chi connectivity index (χ0n) is 17.6. The van der Waals surface area contributed by atoms with Crippen LogP contribution in [0.15, 0.2) is 42.5 Å². The number of nitrogens with two attached hydrogens (primary N) is 1. The van der Waals surface area contributed by atoms with E-state index in [0.29, 0.717) is 23.6 Å². The smallest absolute Gasteiger partial charge is 0.267 e. The highest BCUT2D eigenvalue weighted by molar-refractivity contribution is 6.14. The number of carbonyl (C=O) groups is 2. The minimum Gasteiger partial charge on any atom is -0.364 e. The van der Waals surface area contributed by atoms with E-state index in [4.69, 9.17) is 5.73 Å². The lowest BCUT2D eigenvalue weighted by Gasteiger charge is -2.11. The third-order valence-electron chi connectivity index (χ3n) is 5.21. The number of nitrogens with zero attached hydrogens (tertiary/aromatic N) is 3. The molecule has 0 aliphatic heterocycles.